The maximum atomic E-state index is 12.3. The first kappa shape index (κ1) is 17.0. The van der Waals surface area contributed by atoms with E-state index < -0.39 is 13.0 Å². The van der Waals surface area contributed by atoms with Crippen LogP contribution in [0.15, 0.2) is 36.5 Å². The lowest BCUT2D eigenvalue weighted by atomic mass is 10.1. The van der Waals surface area contributed by atoms with Crippen LogP contribution in [0.5, 0.6) is 5.75 Å². The van der Waals surface area contributed by atoms with E-state index in [1.165, 1.54) is 6.20 Å². The molecule has 130 valence electrons. The van der Waals surface area contributed by atoms with Crippen molar-refractivity contribution in [1.29, 1.82) is 0 Å². The quantitative estimate of drug-likeness (QED) is 0.630. The van der Waals surface area contributed by atoms with Crippen LogP contribution in [0.3, 0.4) is 0 Å². The number of carbonyl (C=O) groups excluding carboxylic acids is 1. The molecule has 3 aromatic rings. The van der Waals surface area contributed by atoms with Gasteiger partial charge in [0, 0.05) is 23.4 Å². The molecule has 2 heterocycles. The van der Waals surface area contributed by atoms with Crippen LogP contribution in [0.1, 0.15) is 30.2 Å². The van der Waals surface area contributed by atoms with E-state index in [4.69, 9.17) is 4.74 Å². The average Bonchev–Trinajstić information content (AvgIpc) is 2.99. The third-order valence-corrected chi connectivity index (χ3v) is 3.68. The highest BCUT2D eigenvalue weighted by Crippen LogP contribution is 2.30. The number of hydrogen-bond acceptors (Lipinski definition) is 4. The Morgan fingerprint density at radius 2 is 2.08 bits per heavy atom. The molecule has 0 fully saturated rings. The van der Waals surface area contributed by atoms with Crippen molar-refractivity contribution in [3.05, 3.63) is 42.1 Å². The van der Waals surface area contributed by atoms with Gasteiger partial charge in [-0.15, -0.1) is 0 Å². The van der Waals surface area contributed by atoms with Gasteiger partial charge in [-0.05, 0) is 32.0 Å². The second-order valence-electron chi connectivity index (χ2n) is 5.87. The third-order valence-electron chi connectivity index (χ3n) is 3.68. The molecular formula is C18H17F2N3O2. The van der Waals surface area contributed by atoms with E-state index in [1.54, 1.807) is 28.9 Å². The number of aromatic nitrogens is 3. The summed E-state index contributed by atoms with van der Waals surface area (Å²) < 4.78 is 31.5. The lowest BCUT2D eigenvalue weighted by Crippen LogP contribution is -2.06. The van der Waals surface area contributed by atoms with E-state index in [0.29, 0.717) is 28.1 Å². The van der Waals surface area contributed by atoms with E-state index >= 15 is 0 Å². The number of nitrogens with zero attached hydrogens (tertiary/aromatic N) is 3. The number of alkyl halides is 2. The molecule has 1 aromatic carbocycles. The smallest absolute Gasteiger partial charge is 0.272 e. The molecule has 0 amide bonds. The second-order valence-corrected chi connectivity index (χ2v) is 5.87. The Labute approximate surface area is 143 Å². The zero-order valence-corrected chi connectivity index (χ0v) is 13.8. The second kappa shape index (κ2) is 6.96. The largest absolute Gasteiger partial charge is 0.488 e. The van der Waals surface area contributed by atoms with E-state index in [0.717, 1.165) is 11.8 Å². The van der Waals surface area contributed by atoms with Crippen molar-refractivity contribution < 1.29 is 18.3 Å². The maximum Gasteiger partial charge on any atom is 0.272 e. The van der Waals surface area contributed by atoms with Crippen LogP contribution in [0, 0.1) is 0 Å². The molecule has 0 atom stereocenters. The van der Waals surface area contributed by atoms with Gasteiger partial charge in [0.25, 0.3) is 6.43 Å². The van der Waals surface area contributed by atoms with E-state index in [9.17, 15) is 13.6 Å². The number of carbonyl (C=O) groups is 1. The molecule has 0 N–H and O–H groups in total. The fraction of sp³-hybridized carbons (Fsp3) is 0.278. The number of ether oxygens (including phenoxy) is 1. The highest BCUT2D eigenvalue weighted by Gasteiger charge is 2.16. The minimum atomic E-state index is -2.53. The van der Waals surface area contributed by atoms with Gasteiger partial charge in [-0.25, -0.2) is 8.78 Å². The van der Waals surface area contributed by atoms with Gasteiger partial charge in [0.1, 0.15) is 23.6 Å². The summed E-state index contributed by atoms with van der Waals surface area (Å²) >= 11 is 0. The standard InChI is InChI=1S/C18H17F2N3O2/c1-11(2)23-15-6-12(9-24)8-21-18(15)17(22-23)13-4-3-5-14(7-13)25-10-16(19)20/h3-9,11,16H,10H2,1-2H3. The van der Waals surface area contributed by atoms with Gasteiger partial charge >= 0.3 is 0 Å². The van der Waals surface area contributed by atoms with Crippen molar-refractivity contribution in [2.45, 2.75) is 26.3 Å². The lowest BCUT2D eigenvalue weighted by molar-refractivity contribution is 0.0819. The Morgan fingerprint density at radius 1 is 1.28 bits per heavy atom. The Morgan fingerprint density at radius 3 is 2.76 bits per heavy atom. The number of rotatable bonds is 6. The molecule has 2 aromatic heterocycles. The molecule has 0 saturated carbocycles. The van der Waals surface area contributed by atoms with Gasteiger partial charge in [0.05, 0.1) is 5.52 Å². The normalized spacial score (nSPS) is 11.4. The zero-order valence-electron chi connectivity index (χ0n) is 13.8. The van der Waals surface area contributed by atoms with E-state index in [-0.39, 0.29) is 6.04 Å². The molecule has 0 bridgehead atoms. The topological polar surface area (TPSA) is 57.0 Å². The molecule has 0 aliphatic carbocycles. The lowest BCUT2D eigenvalue weighted by Gasteiger charge is -2.07. The van der Waals surface area contributed by atoms with Crippen LogP contribution >= 0.6 is 0 Å². The first-order valence-corrected chi connectivity index (χ1v) is 7.84. The molecule has 0 saturated heterocycles. The van der Waals surface area contributed by atoms with Crippen molar-refractivity contribution in [3.8, 4) is 17.0 Å². The summed E-state index contributed by atoms with van der Waals surface area (Å²) in [5.41, 5.74) is 3.18. The minimum absolute atomic E-state index is 0.0678. The van der Waals surface area contributed by atoms with Gasteiger partial charge in [0.2, 0.25) is 0 Å². The SMILES string of the molecule is CC(C)n1nc(-c2cccc(OCC(F)F)c2)c2ncc(C=O)cc21. The van der Waals surface area contributed by atoms with Gasteiger partial charge in [0.15, 0.2) is 6.29 Å². The Bertz CT molecular complexity index is 906. The minimum Gasteiger partial charge on any atom is -0.488 e. The molecule has 5 nitrogen and oxygen atoms in total. The maximum absolute atomic E-state index is 12.3. The Kier molecular flexibility index (Phi) is 4.74. The summed E-state index contributed by atoms with van der Waals surface area (Å²) in [7, 11) is 0. The molecule has 0 aliphatic rings. The first-order valence-electron chi connectivity index (χ1n) is 7.84. The number of pyridine rings is 1. The molecule has 7 heteroatoms. The number of fused-ring (bicyclic) bond motifs is 1. The van der Waals surface area contributed by atoms with E-state index in [2.05, 4.69) is 10.1 Å². The Hall–Kier alpha value is -2.83. The van der Waals surface area contributed by atoms with Crippen molar-refractivity contribution in [2.24, 2.45) is 0 Å². The van der Waals surface area contributed by atoms with Crippen molar-refractivity contribution in [3.63, 3.8) is 0 Å². The molecule has 0 unspecified atom stereocenters. The van der Waals surface area contributed by atoms with Crippen molar-refractivity contribution in [2.75, 3.05) is 6.61 Å². The average molecular weight is 345 g/mol. The van der Waals surface area contributed by atoms with E-state index in [1.807, 2.05) is 19.9 Å². The molecule has 3 rings (SSSR count). The monoisotopic (exact) mass is 345 g/mol. The molecule has 0 aliphatic heterocycles. The van der Waals surface area contributed by atoms with Gasteiger partial charge in [-0.3, -0.25) is 14.5 Å². The van der Waals surface area contributed by atoms with Crippen LogP contribution in [0.4, 0.5) is 8.78 Å². The van der Waals surface area contributed by atoms with Gasteiger partial charge < -0.3 is 4.74 Å². The summed E-state index contributed by atoms with van der Waals surface area (Å²) in [6.07, 6.45) is -0.307. The number of benzene rings is 1. The van der Waals surface area contributed by atoms with Crippen LogP contribution in [0.2, 0.25) is 0 Å². The fourth-order valence-corrected chi connectivity index (χ4v) is 2.58. The number of halogens is 2. The highest BCUT2D eigenvalue weighted by atomic mass is 19.3. The first-order chi connectivity index (χ1) is 12.0. The summed E-state index contributed by atoms with van der Waals surface area (Å²) in [5.74, 6) is 0.342. The van der Waals surface area contributed by atoms with Crippen LogP contribution < -0.4 is 4.74 Å². The summed E-state index contributed by atoms with van der Waals surface area (Å²) in [5, 5.41) is 4.61. The Balaban J connectivity index is 2.09. The highest BCUT2D eigenvalue weighted by molar-refractivity contribution is 5.93. The predicted molar refractivity (Wildman–Crippen MR) is 90.2 cm³/mol. The van der Waals surface area contributed by atoms with Gasteiger partial charge in [-0.1, -0.05) is 12.1 Å². The molecule has 0 spiro atoms. The van der Waals surface area contributed by atoms with Crippen molar-refractivity contribution in [1.82, 2.24) is 14.8 Å². The van der Waals surface area contributed by atoms with Crippen LogP contribution in [0.25, 0.3) is 22.3 Å². The molecular weight excluding hydrogens is 328 g/mol. The molecule has 0 radical (unpaired) electrons. The summed E-state index contributed by atoms with van der Waals surface area (Å²) in [4.78, 5) is 15.4. The van der Waals surface area contributed by atoms with Crippen LogP contribution in [-0.4, -0.2) is 34.1 Å². The fourth-order valence-electron chi connectivity index (χ4n) is 2.58. The third kappa shape index (κ3) is 3.50. The number of aldehydes is 1. The van der Waals surface area contributed by atoms with Crippen LogP contribution in [-0.2, 0) is 0 Å². The number of hydrogen-bond donors (Lipinski definition) is 0. The summed E-state index contributed by atoms with van der Waals surface area (Å²) in [6.45, 7) is 3.30. The molecule has 25 heavy (non-hydrogen) atoms. The predicted octanol–water partition coefficient (Wildman–Crippen LogP) is 4.14. The summed E-state index contributed by atoms with van der Waals surface area (Å²) in [6, 6.07) is 8.62. The van der Waals surface area contributed by atoms with Crippen molar-refractivity contribution >= 4 is 17.3 Å². The van der Waals surface area contributed by atoms with Gasteiger partial charge in [-0.2, -0.15) is 5.10 Å². The zero-order chi connectivity index (χ0) is 18.0.